The number of pyridine rings is 1. The van der Waals surface area contributed by atoms with Crippen molar-refractivity contribution >= 4 is 21.4 Å². The predicted molar refractivity (Wildman–Crippen MR) is 85.2 cm³/mol. The van der Waals surface area contributed by atoms with Crippen molar-refractivity contribution < 1.29 is 12.8 Å². The molecule has 114 valence electrons. The summed E-state index contributed by atoms with van der Waals surface area (Å²) in [7, 11) is -3.49. The van der Waals surface area contributed by atoms with Crippen LogP contribution in [0.5, 0.6) is 0 Å². The molecule has 3 aromatic heterocycles. The maximum absolute atomic E-state index is 12.1. The van der Waals surface area contributed by atoms with Crippen LogP contribution in [-0.2, 0) is 16.4 Å². The molecule has 0 aromatic carbocycles. The van der Waals surface area contributed by atoms with E-state index in [0.717, 1.165) is 15.3 Å². The first-order valence-corrected chi connectivity index (χ1v) is 8.96. The minimum atomic E-state index is -3.49. The Labute approximate surface area is 132 Å². The van der Waals surface area contributed by atoms with Crippen molar-refractivity contribution in [1.29, 1.82) is 0 Å². The lowest BCUT2D eigenvalue weighted by atomic mass is 10.3. The molecule has 0 aliphatic rings. The fourth-order valence-electron chi connectivity index (χ4n) is 1.97. The standard InChI is InChI=1S/C15H14N2O3S2/c18-22(19,14-2-1-7-16-10-14)17-8-5-13-3-4-15(21-13)12-6-9-20-11-12/h1-4,6-7,9-11,17H,5,8H2. The Kier molecular flexibility index (Phi) is 4.37. The van der Waals surface area contributed by atoms with E-state index in [9.17, 15) is 8.42 Å². The van der Waals surface area contributed by atoms with Crippen molar-refractivity contribution in [3.8, 4) is 10.4 Å². The molecule has 0 saturated heterocycles. The molecule has 0 amide bonds. The minimum Gasteiger partial charge on any atom is -0.472 e. The van der Waals surface area contributed by atoms with Crippen molar-refractivity contribution in [2.24, 2.45) is 0 Å². The summed E-state index contributed by atoms with van der Waals surface area (Å²) in [4.78, 5) is 6.23. The van der Waals surface area contributed by atoms with Gasteiger partial charge in [0.25, 0.3) is 0 Å². The van der Waals surface area contributed by atoms with Crippen LogP contribution in [-0.4, -0.2) is 19.9 Å². The fourth-order valence-corrected chi connectivity index (χ4v) is 3.96. The number of aromatic nitrogens is 1. The van der Waals surface area contributed by atoms with E-state index in [-0.39, 0.29) is 4.90 Å². The van der Waals surface area contributed by atoms with Gasteiger partial charge in [-0.2, -0.15) is 0 Å². The molecule has 3 aromatic rings. The molecule has 0 atom stereocenters. The van der Waals surface area contributed by atoms with E-state index in [1.165, 1.54) is 12.3 Å². The monoisotopic (exact) mass is 334 g/mol. The van der Waals surface area contributed by atoms with Gasteiger partial charge in [0.15, 0.2) is 0 Å². The maximum Gasteiger partial charge on any atom is 0.242 e. The number of rotatable bonds is 6. The van der Waals surface area contributed by atoms with Crippen LogP contribution in [0.1, 0.15) is 4.88 Å². The normalized spacial score (nSPS) is 11.6. The van der Waals surface area contributed by atoms with Gasteiger partial charge in [0, 0.05) is 34.3 Å². The Morgan fingerprint density at radius 3 is 2.86 bits per heavy atom. The van der Waals surface area contributed by atoms with Gasteiger partial charge in [-0.15, -0.1) is 11.3 Å². The first kappa shape index (κ1) is 15.0. The summed E-state index contributed by atoms with van der Waals surface area (Å²) >= 11 is 1.63. The molecule has 0 aliphatic heterocycles. The van der Waals surface area contributed by atoms with Crippen LogP contribution in [0, 0.1) is 0 Å². The molecule has 7 heteroatoms. The summed E-state index contributed by atoms with van der Waals surface area (Å²) in [5.74, 6) is 0. The highest BCUT2D eigenvalue weighted by atomic mass is 32.2. The minimum absolute atomic E-state index is 0.181. The van der Waals surface area contributed by atoms with Gasteiger partial charge in [0.1, 0.15) is 4.90 Å². The molecule has 0 radical (unpaired) electrons. The zero-order valence-electron chi connectivity index (χ0n) is 11.6. The Balaban J connectivity index is 1.60. The molecule has 0 fully saturated rings. The van der Waals surface area contributed by atoms with Gasteiger partial charge in [-0.1, -0.05) is 0 Å². The van der Waals surface area contributed by atoms with Crippen molar-refractivity contribution in [3.05, 3.63) is 60.1 Å². The van der Waals surface area contributed by atoms with E-state index < -0.39 is 10.0 Å². The molecule has 1 N–H and O–H groups in total. The second-order valence-corrected chi connectivity index (χ2v) is 7.55. The second kappa shape index (κ2) is 6.43. The van der Waals surface area contributed by atoms with E-state index in [4.69, 9.17) is 4.42 Å². The molecule has 22 heavy (non-hydrogen) atoms. The Hall–Kier alpha value is -1.96. The highest BCUT2D eigenvalue weighted by Crippen LogP contribution is 2.28. The van der Waals surface area contributed by atoms with Crippen LogP contribution in [0.3, 0.4) is 0 Å². The Morgan fingerprint density at radius 2 is 2.14 bits per heavy atom. The number of furan rings is 1. The van der Waals surface area contributed by atoms with Crippen molar-refractivity contribution in [2.45, 2.75) is 11.3 Å². The van der Waals surface area contributed by atoms with Crippen LogP contribution in [0.15, 0.2) is 64.6 Å². The van der Waals surface area contributed by atoms with E-state index in [0.29, 0.717) is 13.0 Å². The van der Waals surface area contributed by atoms with E-state index >= 15 is 0 Å². The van der Waals surface area contributed by atoms with Gasteiger partial charge < -0.3 is 4.42 Å². The van der Waals surface area contributed by atoms with E-state index in [1.807, 2.05) is 18.2 Å². The highest BCUT2D eigenvalue weighted by molar-refractivity contribution is 7.89. The average Bonchev–Trinajstić information content (AvgIpc) is 3.19. The third-order valence-electron chi connectivity index (χ3n) is 3.08. The van der Waals surface area contributed by atoms with Gasteiger partial charge in [-0.05, 0) is 36.8 Å². The van der Waals surface area contributed by atoms with Crippen molar-refractivity contribution in [1.82, 2.24) is 9.71 Å². The molecule has 5 nitrogen and oxygen atoms in total. The number of nitrogens with zero attached hydrogens (tertiary/aromatic N) is 1. The van der Waals surface area contributed by atoms with Crippen molar-refractivity contribution in [3.63, 3.8) is 0 Å². The quantitative estimate of drug-likeness (QED) is 0.752. The lowest BCUT2D eigenvalue weighted by Gasteiger charge is -2.05. The number of nitrogens with one attached hydrogen (secondary N) is 1. The van der Waals surface area contributed by atoms with Gasteiger partial charge >= 0.3 is 0 Å². The largest absolute Gasteiger partial charge is 0.472 e. The van der Waals surface area contributed by atoms with E-state index in [1.54, 1.807) is 36.1 Å². The predicted octanol–water partition coefficient (Wildman–Crippen LogP) is 2.92. The Bertz CT molecular complexity index is 825. The highest BCUT2D eigenvalue weighted by Gasteiger charge is 2.13. The van der Waals surface area contributed by atoms with Crippen LogP contribution in [0.25, 0.3) is 10.4 Å². The van der Waals surface area contributed by atoms with Gasteiger partial charge in [-0.25, -0.2) is 13.1 Å². The Morgan fingerprint density at radius 1 is 1.23 bits per heavy atom. The summed E-state index contributed by atoms with van der Waals surface area (Å²) in [5.41, 5.74) is 1.03. The van der Waals surface area contributed by atoms with Crippen LogP contribution < -0.4 is 4.72 Å². The molecule has 0 saturated carbocycles. The average molecular weight is 334 g/mol. The summed E-state index contributed by atoms with van der Waals surface area (Å²) in [5, 5.41) is 0. The molecule has 3 rings (SSSR count). The number of hydrogen-bond donors (Lipinski definition) is 1. The van der Waals surface area contributed by atoms with Crippen LogP contribution in [0.4, 0.5) is 0 Å². The zero-order valence-corrected chi connectivity index (χ0v) is 13.2. The molecule has 0 unspecified atom stereocenters. The third-order valence-corrected chi connectivity index (χ3v) is 5.72. The van der Waals surface area contributed by atoms with Crippen LogP contribution in [0.2, 0.25) is 0 Å². The maximum atomic E-state index is 12.1. The topological polar surface area (TPSA) is 72.2 Å². The summed E-state index contributed by atoms with van der Waals surface area (Å²) < 4.78 is 31.8. The second-order valence-electron chi connectivity index (χ2n) is 4.61. The van der Waals surface area contributed by atoms with Gasteiger partial charge in [0.05, 0.1) is 12.5 Å². The molecule has 0 aliphatic carbocycles. The van der Waals surface area contributed by atoms with Gasteiger partial charge in [0.2, 0.25) is 10.0 Å². The van der Waals surface area contributed by atoms with Crippen molar-refractivity contribution in [2.75, 3.05) is 6.54 Å². The molecular weight excluding hydrogens is 320 g/mol. The van der Waals surface area contributed by atoms with E-state index in [2.05, 4.69) is 9.71 Å². The first-order valence-electron chi connectivity index (χ1n) is 6.66. The number of thiophene rings is 1. The lowest BCUT2D eigenvalue weighted by Crippen LogP contribution is -2.25. The zero-order chi connectivity index (χ0) is 15.4. The number of hydrogen-bond acceptors (Lipinski definition) is 5. The molecule has 0 bridgehead atoms. The molecule has 3 heterocycles. The summed E-state index contributed by atoms with van der Waals surface area (Å²) in [6, 6.07) is 9.05. The summed E-state index contributed by atoms with van der Waals surface area (Å²) in [6.45, 7) is 0.350. The molecular formula is C15H14N2O3S2. The molecule has 0 spiro atoms. The number of sulfonamides is 1. The summed E-state index contributed by atoms with van der Waals surface area (Å²) in [6.07, 6.45) is 6.85. The smallest absolute Gasteiger partial charge is 0.242 e. The lowest BCUT2D eigenvalue weighted by molar-refractivity contribution is 0.568. The third kappa shape index (κ3) is 3.44. The SMILES string of the molecule is O=S(=O)(NCCc1ccc(-c2ccoc2)s1)c1cccnc1. The fraction of sp³-hybridized carbons (Fsp3) is 0.133. The van der Waals surface area contributed by atoms with Crippen LogP contribution >= 0.6 is 11.3 Å². The first-order chi connectivity index (χ1) is 10.6. The van der Waals surface area contributed by atoms with Gasteiger partial charge in [-0.3, -0.25) is 4.98 Å².